The third kappa shape index (κ3) is 4.48. The van der Waals surface area contributed by atoms with Crippen LogP contribution in [0.15, 0.2) is 144 Å². The number of furan rings is 1. The van der Waals surface area contributed by atoms with Crippen molar-refractivity contribution in [2.45, 2.75) is 0 Å². The van der Waals surface area contributed by atoms with Gasteiger partial charge < -0.3 is 4.42 Å². The topological polar surface area (TPSA) is 51.8 Å². The van der Waals surface area contributed by atoms with Crippen molar-refractivity contribution in [1.29, 1.82) is 0 Å². The summed E-state index contributed by atoms with van der Waals surface area (Å²) in [6.07, 6.45) is 3.15. The van der Waals surface area contributed by atoms with Crippen molar-refractivity contribution in [3.8, 4) is 0 Å². The predicted octanol–water partition coefficient (Wildman–Crippen LogP) is 8.60. The molecular weight excluding hydrogens is 454 g/mol. The fourth-order valence-corrected chi connectivity index (χ4v) is 4.74. The Morgan fingerprint density at radius 2 is 0.622 bits per heavy atom. The number of rotatable bonds is 0. The van der Waals surface area contributed by atoms with Crippen LogP contribution in [-0.2, 0) is 0 Å². The van der Waals surface area contributed by atoms with Gasteiger partial charge in [0.25, 0.3) is 0 Å². The zero-order valence-corrected chi connectivity index (χ0v) is 20.0. The molecule has 0 saturated carbocycles. The van der Waals surface area contributed by atoms with Gasteiger partial charge in [-0.15, -0.1) is 10.2 Å². The molecule has 0 aliphatic heterocycles. The van der Waals surface area contributed by atoms with Crippen LogP contribution < -0.4 is 0 Å². The number of hydrogen-bond donors (Lipinski definition) is 0. The van der Waals surface area contributed by atoms with E-state index in [9.17, 15) is 0 Å². The van der Waals surface area contributed by atoms with Gasteiger partial charge in [-0.1, -0.05) is 109 Å². The molecule has 2 heterocycles. The van der Waals surface area contributed by atoms with Crippen LogP contribution in [0.3, 0.4) is 0 Å². The summed E-state index contributed by atoms with van der Waals surface area (Å²) < 4.78 is 5.65. The molecule has 0 amide bonds. The van der Waals surface area contributed by atoms with Crippen molar-refractivity contribution in [2.24, 2.45) is 0 Å². The van der Waals surface area contributed by atoms with Crippen LogP contribution in [0.4, 0.5) is 0 Å². The summed E-state index contributed by atoms with van der Waals surface area (Å²) in [7, 11) is 0. The van der Waals surface area contributed by atoms with E-state index in [2.05, 4.69) is 100 Å². The number of hydrogen-bond acceptors (Lipinski definition) is 4. The van der Waals surface area contributed by atoms with Crippen LogP contribution in [-0.4, -0.2) is 15.4 Å². The summed E-state index contributed by atoms with van der Waals surface area (Å²) in [6.45, 7) is 0. The highest BCUT2D eigenvalue weighted by molar-refractivity contribution is 6.25. The fraction of sp³-hybridized carbons (Fsp3) is 0. The summed E-state index contributed by atoms with van der Waals surface area (Å²) in [5.41, 5.74) is 1.92. The van der Waals surface area contributed by atoms with Gasteiger partial charge in [0.1, 0.15) is 11.2 Å². The third-order valence-electron chi connectivity index (χ3n) is 6.34. The molecule has 0 spiro atoms. The minimum atomic E-state index is 0.962. The second kappa shape index (κ2) is 10.3. The first kappa shape index (κ1) is 22.4. The maximum absolute atomic E-state index is 5.65. The molecule has 6 aromatic carbocycles. The number of para-hydroxylation sites is 2. The number of nitrogens with zero attached hydrogens (tertiary/aromatic N) is 3. The lowest BCUT2D eigenvalue weighted by atomic mass is 9.95. The highest BCUT2D eigenvalue weighted by Gasteiger charge is 2.06. The van der Waals surface area contributed by atoms with Crippen molar-refractivity contribution in [3.05, 3.63) is 140 Å². The largest absolute Gasteiger partial charge is 0.456 e. The van der Waals surface area contributed by atoms with Gasteiger partial charge in [-0.05, 0) is 55.7 Å². The highest BCUT2D eigenvalue weighted by atomic mass is 16.3. The van der Waals surface area contributed by atoms with Crippen molar-refractivity contribution in [1.82, 2.24) is 15.4 Å². The van der Waals surface area contributed by atoms with Crippen molar-refractivity contribution >= 4 is 54.3 Å². The average molecular weight is 478 g/mol. The lowest BCUT2D eigenvalue weighted by Crippen LogP contribution is -1.81. The summed E-state index contributed by atoms with van der Waals surface area (Å²) in [5, 5.41) is 20.6. The minimum Gasteiger partial charge on any atom is -0.456 e. The minimum absolute atomic E-state index is 0.962. The summed E-state index contributed by atoms with van der Waals surface area (Å²) >= 11 is 0. The first-order valence-electron chi connectivity index (χ1n) is 12.1. The third-order valence-corrected chi connectivity index (χ3v) is 6.34. The SMILES string of the molecule is c1ccc2c(c1)c1ccccc1c1ccccc21.c1ccc2c(c1)oc1ccccc12.c1cnnnc1. The number of fused-ring (bicyclic) bond motifs is 9. The lowest BCUT2D eigenvalue weighted by Gasteiger charge is -2.09. The van der Waals surface area contributed by atoms with Gasteiger partial charge in [0, 0.05) is 10.8 Å². The molecule has 176 valence electrons. The Balaban J connectivity index is 0.000000115. The summed E-state index contributed by atoms with van der Waals surface area (Å²) in [4.78, 5) is 0. The Bertz CT molecular complexity index is 1650. The average Bonchev–Trinajstić information content (AvgIpc) is 3.38. The second-order valence-electron chi connectivity index (χ2n) is 8.54. The van der Waals surface area contributed by atoms with Gasteiger partial charge in [-0.25, -0.2) is 0 Å². The highest BCUT2D eigenvalue weighted by Crippen LogP contribution is 2.34. The molecule has 8 aromatic rings. The van der Waals surface area contributed by atoms with Crippen LogP contribution in [0.1, 0.15) is 0 Å². The van der Waals surface area contributed by atoms with E-state index < -0.39 is 0 Å². The quantitative estimate of drug-likeness (QED) is 0.205. The fourth-order valence-electron chi connectivity index (χ4n) is 4.74. The van der Waals surface area contributed by atoms with E-state index in [4.69, 9.17) is 4.42 Å². The normalized spacial score (nSPS) is 10.7. The zero-order chi connectivity index (χ0) is 24.9. The van der Waals surface area contributed by atoms with Gasteiger partial charge in [-0.3, -0.25) is 0 Å². The Hall–Kier alpha value is -5.09. The lowest BCUT2D eigenvalue weighted by molar-refractivity contribution is 0.669. The molecule has 8 rings (SSSR count). The van der Waals surface area contributed by atoms with Crippen LogP contribution in [0.25, 0.3) is 54.3 Å². The summed E-state index contributed by atoms with van der Waals surface area (Å²) in [5.74, 6) is 0. The maximum atomic E-state index is 5.65. The predicted molar refractivity (Wildman–Crippen MR) is 153 cm³/mol. The first-order chi connectivity index (χ1) is 18.4. The van der Waals surface area contributed by atoms with Gasteiger partial charge >= 0.3 is 0 Å². The standard InChI is InChI=1S/C18H12.C12H8O.C3H3N3/c1-2-8-14-13(7-1)15-9-3-4-11-17(15)18-12-6-5-10-16(14)18;1-3-7-11-9(5-1)10-6-2-4-8-12(10)13-11;1-2-4-6-5-3-1/h1-12H;1-8H;1-3H. The monoisotopic (exact) mass is 477 g/mol. The molecular formula is C33H23N3O. The molecule has 0 unspecified atom stereocenters. The molecule has 4 nitrogen and oxygen atoms in total. The van der Waals surface area contributed by atoms with Crippen molar-refractivity contribution in [2.75, 3.05) is 0 Å². The Labute approximate surface area is 213 Å². The van der Waals surface area contributed by atoms with Crippen LogP contribution >= 0.6 is 0 Å². The molecule has 37 heavy (non-hydrogen) atoms. The Morgan fingerprint density at radius 1 is 0.324 bits per heavy atom. The molecule has 0 atom stereocenters. The van der Waals surface area contributed by atoms with E-state index in [1.54, 1.807) is 18.5 Å². The molecule has 0 aliphatic rings. The molecule has 0 bridgehead atoms. The van der Waals surface area contributed by atoms with Gasteiger partial charge in [0.05, 0.1) is 12.4 Å². The second-order valence-corrected chi connectivity index (χ2v) is 8.54. The molecule has 0 fully saturated rings. The Morgan fingerprint density at radius 3 is 0.892 bits per heavy atom. The van der Waals surface area contributed by atoms with Gasteiger partial charge in [-0.2, -0.15) is 0 Å². The molecule has 0 saturated heterocycles. The number of aromatic nitrogens is 3. The van der Waals surface area contributed by atoms with Gasteiger partial charge in [0.15, 0.2) is 0 Å². The molecule has 2 aromatic heterocycles. The molecule has 0 N–H and O–H groups in total. The molecule has 4 heteroatoms. The van der Waals surface area contributed by atoms with E-state index >= 15 is 0 Å². The van der Waals surface area contributed by atoms with E-state index in [1.807, 2.05) is 36.4 Å². The van der Waals surface area contributed by atoms with Crippen molar-refractivity contribution in [3.63, 3.8) is 0 Å². The molecule has 0 radical (unpaired) electrons. The zero-order valence-electron chi connectivity index (χ0n) is 20.0. The number of benzene rings is 6. The van der Waals surface area contributed by atoms with E-state index in [0.29, 0.717) is 0 Å². The smallest absolute Gasteiger partial charge is 0.135 e. The van der Waals surface area contributed by atoms with Crippen LogP contribution in [0.5, 0.6) is 0 Å². The Kier molecular flexibility index (Phi) is 6.21. The van der Waals surface area contributed by atoms with Gasteiger partial charge in [0.2, 0.25) is 0 Å². The van der Waals surface area contributed by atoms with E-state index in [1.165, 1.54) is 43.1 Å². The van der Waals surface area contributed by atoms with Crippen LogP contribution in [0, 0.1) is 0 Å². The van der Waals surface area contributed by atoms with E-state index in [0.717, 1.165) is 11.2 Å². The summed E-state index contributed by atoms with van der Waals surface area (Å²) in [6, 6.07) is 43.9. The maximum Gasteiger partial charge on any atom is 0.135 e. The molecule has 0 aliphatic carbocycles. The first-order valence-corrected chi connectivity index (χ1v) is 12.1. The van der Waals surface area contributed by atoms with Crippen LogP contribution in [0.2, 0.25) is 0 Å². The van der Waals surface area contributed by atoms with E-state index in [-0.39, 0.29) is 0 Å². The van der Waals surface area contributed by atoms with Crippen molar-refractivity contribution < 1.29 is 4.42 Å².